The van der Waals surface area contributed by atoms with Gasteiger partial charge in [0.05, 0.1) is 6.61 Å². The van der Waals surface area contributed by atoms with Gasteiger partial charge in [0.15, 0.2) is 0 Å². The van der Waals surface area contributed by atoms with Gasteiger partial charge in [-0.3, -0.25) is 4.18 Å². The molecule has 0 atom stereocenters. The van der Waals surface area contributed by atoms with E-state index in [9.17, 15) is 21.6 Å². The molecule has 7 heteroatoms. The monoisotopic (exact) mass is 256 g/mol. The van der Waals surface area contributed by atoms with Gasteiger partial charge in [-0.25, -0.2) is 0 Å². The Morgan fingerprint density at radius 2 is 2.00 bits per heavy atom. The van der Waals surface area contributed by atoms with E-state index in [1.807, 2.05) is 0 Å². The zero-order valence-corrected chi connectivity index (χ0v) is 9.31. The first-order valence-electron chi connectivity index (χ1n) is 4.14. The molecule has 0 aromatic carbocycles. The molecule has 0 bridgehead atoms. The minimum absolute atomic E-state index is 0.299. The van der Waals surface area contributed by atoms with E-state index in [2.05, 4.69) is 10.8 Å². The molecule has 0 aromatic heterocycles. The molecule has 0 aliphatic heterocycles. The number of hydrogen-bond donors (Lipinski definition) is 0. The molecule has 0 rings (SSSR count). The zero-order valence-electron chi connectivity index (χ0n) is 8.49. The molecule has 0 fully saturated rings. The lowest BCUT2D eigenvalue weighted by Crippen LogP contribution is -2.26. The maximum absolute atomic E-state index is 11.9. The zero-order chi connectivity index (χ0) is 12.8. The van der Waals surface area contributed by atoms with Crippen LogP contribution >= 0.6 is 0 Å². The Labute approximate surface area is 92.0 Å². The van der Waals surface area contributed by atoms with Crippen molar-refractivity contribution in [2.45, 2.75) is 12.4 Å². The van der Waals surface area contributed by atoms with Gasteiger partial charge in [0.1, 0.15) is 0 Å². The van der Waals surface area contributed by atoms with E-state index in [4.69, 9.17) is 0 Å². The van der Waals surface area contributed by atoms with Crippen LogP contribution < -0.4 is 0 Å². The maximum Gasteiger partial charge on any atom is 0.523 e. The van der Waals surface area contributed by atoms with Crippen molar-refractivity contribution in [1.82, 2.24) is 0 Å². The van der Waals surface area contributed by atoms with Gasteiger partial charge in [-0.1, -0.05) is 30.9 Å². The molecule has 0 amide bonds. The maximum atomic E-state index is 11.9. The van der Waals surface area contributed by atoms with Gasteiger partial charge in [-0.15, -0.1) is 0 Å². The van der Waals surface area contributed by atoms with Crippen LogP contribution in [0.5, 0.6) is 0 Å². The molecular formula is C9H11F3O3S. The van der Waals surface area contributed by atoms with Crippen molar-refractivity contribution in [3.05, 3.63) is 36.5 Å². The molecule has 0 heterocycles. The standard InChI is InChI=1S/C9H11F3O3S/c1-3-5-6-8(4-2)7-15-16(13,14)9(10,11)12/h3-6H,1,7H2,2H3/b6-5-,8-4+. The summed E-state index contributed by atoms with van der Waals surface area (Å²) in [5, 5.41) is 0. The molecule has 92 valence electrons. The van der Waals surface area contributed by atoms with Gasteiger partial charge in [-0.05, 0) is 12.5 Å². The van der Waals surface area contributed by atoms with Gasteiger partial charge in [-0.2, -0.15) is 21.6 Å². The lowest BCUT2D eigenvalue weighted by Gasteiger charge is -2.08. The van der Waals surface area contributed by atoms with Crippen molar-refractivity contribution >= 4 is 10.1 Å². The Balaban J connectivity index is 4.57. The number of hydrogen-bond acceptors (Lipinski definition) is 3. The molecule has 0 unspecified atom stereocenters. The van der Waals surface area contributed by atoms with Crippen LogP contribution in [0.1, 0.15) is 6.92 Å². The lowest BCUT2D eigenvalue weighted by atomic mass is 10.2. The average molecular weight is 256 g/mol. The van der Waals surface area contributed by atoms with Crippen LogP contribution in [0.2, 0.25) is 0 Å². The molecule has 0 aliphatic rings. The molecule has 0 N–H and O–H groups in total. The van der Waals surface area contributed by atoms with Crippen molar-refractivity contribution in [1.29, 1.82) is 0 Å². The highest BCUT2D eigenvalue weighted by atomic mass is 32.2. The van der Waals surface area contributed by atoms with E-state index in [1.165, 1.54) is 24.3 Å². The third-order valence-corrected chi connectivity index (χ3v) is 2.48. The van der Waals surface area contributed by atoms with Crippen molar-refractivity contribution in [3.8, 4) is 0 Å². The molecule has 0 spiro atoms. The summed E-state index contributed by atoms with van der Waals surface area (Å²) in [5.41, 5.74) is -5.10. The number of alkyl halides is 3. The number of rotatable bonds is 5. The first-order valence-corrected chi connectivity index (χ1v) is 5.55. The number of allylic oxidation sites excluding steroid dienone is 3. The van der Waals surface area contributed by atoms with Crippen LogP contribution in [0, 0.1) is 0 Å². The third-order valence-electron chi connectivity index (χ3n) is 1.48. The molecule has 16 heavy (non-hydrogen) atoms. The van der Waals surface area contributed by atoms with Crippen molar-refractivity contribution in [3.63, 3.8) is 0 Å². The summed E-state index contributed by atoms with van der Waals surface area (Å²) in [6, 6.07) is 0. The van der Waals surface area contributed by atoms with Crippen molar-refractivity contribution < 1.29 is 25.8 Å². The smallest absolute Gasteiger partial charge is 0.258 e. The van der Waals surface area contributed by atoms with E-state index in [-0.39, 0.29) is 0 Å². The topological polar surface area (TPSA) is 43.4 Å². The van der Waals surface area contributed by atoms with Crippen LogP contribution in [0.15, 0.2) is 36.5 Å². The Kier molecular flexibility index (Phi) is 5.46. The fourth-order valence-electron chi connectivity index (χ4n) is 0.632. The minimum Gasteiger partial charge on any atom is -0.258 e. The molecule has 0 saturated heterocycles. The molecular weight excluding hydrogens is 245 g/mol. The van der Waals surface area contributed by atoms with Crippen LogP contribution in [-0.2, 0) is 14.3 Å². The van der Waals surface area contributed by atoms with E-state index in [1.54, 1.807) is 6.92 Å². The molecule has 0 aliphatic carbocycles. The lowest BCUT2D eigenvalue weighted by molar-refractivity contribution is -0.0536. The first-order chi connectivity index (χ1) is 7.24. The fraction of sp³-hybridized carbons (Fsp3) is 0.333. The minimum atomic E-state index is -5.53. The van der Waals surface area contributed by atoms with Crippen LogP contribution in [0.3, 0.4) is 0 Å². The van der Waals surface area contributed by atoms with Gasteiger partial charge in [0.2, 0.25) is 0 Å². The van der Waals surface area contributed by atoms with Crippen molar-refractivity contribution in [2.24, 2.45) is 0 Å². The summed E-state index contributed by atoms with van der Waals surface area (Å²) in [4.78, 5) is 0. The highest BCUT2D eigenvalue weighted by molar-refractivity contribution is 7.87. The van der Waals surface area contributed by atoms with Crippen LogP contribution in [0.25, 0.3) is 0 Å². The summed E-state index contributed by atoms with van der Waals surface area (Å²) < 4.78 is 60.5. The largest absolute Gasteiger partial charge is 0.523 e. The average Bonchev–Trinajstić information content (AvgIpc) is 2.16. The second kappa shape index (κ2) is 5.86. The highest BCUT2D eigenvalue weighted by Crippen LogP contribution is 2.24. The van der Waals surface area contributed by atoms with Gasteiger partial charge in [0, 0.05) is 0 Å². The molecule has 0 saturated carbocycles. The second-order valence-corrected chi connectivity index (χ2v) is 4.23. The highest BCUT2D eigenvalue weighted by Gasteiger charge is 2.47. The van der Waals surface area contributed by atoms with E-state index in [0.717, 1.165) is 0 Å². The van der Waals surface area contributed by atoms with Gasteiger partial charge < -0.3 is 0 Å². The predicted octanol–water partition coefficient (Wildman–Crippen LogP) is 2.54. The Morgan fingerprint density at radius 3 is 2.38 bits per heavy atom. The van der Waals surface area contributed by atoms with Crippen LogP contribution in [-0.4, -0.2) is 20.5 Å². The molecule has 0 aromatic rings. The third kappa shape index (κ3) is 4.63. The number of halogens is 3. The van der Waals surface area contributed by atoms with Crippen LogP contribution in [0.4, 0.5) is 13.2 Å². The first kappa shape index (κ1) is 14.9. The Morgan fingerprint density at radius 1 is 1.44 bits per heavy atom. The SMILES string of the molecule is C=C/C=C\C(=C/C)COS(=O)(=O)C(F)(F)F. The summed E-state index contributed by atoms with van der Waals surface area (Å²) in [6.07, 6.45) is 5.70. The fourth-order valence-corrected chi connectivity index (χ4v) is 1.06. The summed E-state index contributed by atoms with van der Waals surface area (Å²) in [6.45, 7) is 4.25. The van der Waals surface area contributed by atoms with E-state index >= 15 is 0 Å². The Bertz CT molecular complexity index is 391. The molecule has 3 nitrogen and oxygen atoms in total. The molecule has 0 radical (unpaired) electrons. The predicted molar refractivity (Wildman–Crippen MR) is 54.0 cm³/mol. The van der Waals surface area contributed by atoms with E-state index < -0.39 is 22.2 Å². The van der Waals surface area contributed by atoms with Gasteiger partial charge >= 0.3 is 15.6 Å². The van der Waals surface area contributed by atoms with Gasteiger partial charge in [0.25, 0.3) is 0 Å². The van der Waals surface area contributed by atoms with Crippen molar-refractivity contribution in [2.75, 3.05) is 6.61 Å². The van der Waals surface area contributed by atoms with E-state index in [0.29, 0.717) is 5.57 Å². The summed E-state index contributed by atoms with van der Waals surface area (Å²) in [7, 11) is -5.53. The summed E-state index contributed by atoms with van der Waals surface area (Å²) in [5.74, 6) is 0. The summed E-state index contributed by atoms with van der Waals surface area (Å²) >= 11 is 0. The normalized spacial score (nSPS) is 14.4. The Hall–Kier alpha value is -1.08. The quantitative estimate of drug-likeness (QED) is 0.431. The second-order valence-electron chi connectivity index (χ2n) is 2.62.